The second-order valence-corrected chi connectivity index (χ2v) is 6.98. The highest BCUT2D eigenvalue weighted by molar-refractivity contribution is 5.94. The maximum absolute atomic E-state index is 13.2. The lowest BCUT2D eigenvalue weighted by Crippen LogP contribution is -2.38. The number of pyridine rings is 1. The molecule has 7 heteroatoms. The van der Waals surface area contributed by atoms with Gasteiger partial charge in [-0.2, -0.15) is 4.98 Å². The number of carbonyl (C=O) groups is 1. The molecule has 0 N–H and O–H groups in total. The molecule has 1 aliphatic rings. The van der Waals surface area contributed by atoms with Gasteiger partial charge in [0.15, 0.2) is 0 Å². The van der Waals surface area contributed by atoms with Crippen molar-refractivity contribution in [2.75, 3.05) is 6.54 Å². The van der Waals surface area contributed by atoms with E-state index in [4.69, 9.17) is 4.52 Å². The van der Waals surface area contributed by atoms with Crippen LogP contribution in [0.4, 0.5) is 0 Å². The maximum atomic E-state index is 13.2. The van der Waals surface area contributed by atoms with Crippen molar-refractivity contribution < 1.29 is 9.32 Å². The topological polar surface area (TPSA) is 76.5 Å². The molecule has 1 saturated heterocycles. The van der Waals surface area contributed by atoms with Crippen LogP contribution in [0.3, 0.4) is 0 Å². The van der Waals surface area contributed by atoms with Crippen molar-refractivity contribution in [3.63, 3.8) is 0 Å². The number of hydrogen-bond donors (Lipinski definition) is 0. The maximum Gasteiger partial charge on any atom is 0.256 e. The number of aromatic nitrogens is 4. The predicted octanol–water partition coefficient (Wildman–Crippen LogP) is 3.75. The average molecular weight is 373 g/mol. The van der Waals surface area contributed by atoms with Gasteiger partial charge in [-0.15, -0.1) is 0 Å². The molecule has 1 amide bonds. The number of imidazole rings is 1. The zero-order chi connectivity index (χ0) is 18.9. The molecule has 0 radical (unpaired) electrons. The normalized spacial score (nSPS) is 17.1. The number of piperidine rings is 1. The number of fused-ring (bicyclic) bond motifs is 1. The van der Waals surface area contributed by atoms with Gasteiger partial charge in [-0.05, 0) is 31.4 Å². The number of carbonyl (C=O) groups excluding carboxylic acids is 1. The van der Waals surface area contributed by atoms with E-state index in [1.807, 2.05) is 58.0 Å². The van der Waals surface area contributed by atoms with Gasteiger partial charge in [0.2, 0.25) is 11.7 Å². The summed E-state index contributed by atoms with van der Waals surface area (Å²) in [5, 5.41) is 4.13. The molecule has 0 bridgehead atoms. The summed E-state index contributed by atoms with van der Waals surface area (Å²) in [6.45, 7) is 0.675. The Morgan fingerprint density at radius 2 is 2.00 bits per heavy atom. The Morgan fingerprint density at radius 1 is 1.11 bits per heavy atom. The van der Waals surface area contributed by atoms with Gasteiger partial charge in [0.25, 0.3) is 5.91 Å². The van der Waals surface area contributed by atoms with Crippen molar-refractivity contribution in [2.45, 2.75) is 25.3 Å². The number of amides is 1. The van der Waals surface area contributed by atoms with Crippen LogP contribution in [-0.2, 0) is 0 Å². The number of hydrogen-bond acceptors (Lipinski definition) is 5. The van der Waals surface area contributed by atoms with Crippen molar-refractivity contribution >= 4 is 11.4 Å². The molecule has 5 rings (SSSR count). The van der Waals surface area contributed by atoms with E-state index < -0.39 is 0 Å². The fourth-order valence-electron chi connectivity index (χ4n) is 3.72. The van der Waals surface area contributed by atoms with Gasteiger partial charge in [0.1, 0.15) is 6.04 Å². The third kappa shape index (κ3) is 2.94. The monoisotopic (exact) mass is 373 g/mol. The second-order valence-electron chi connectivity index (χ2n) is 6.98. The molecule has 1 aliphatic heterocycles. The summed E-state index contributed by atoms with van der Waals surface area (Å²) < 4.78 is 7.42. The molecule has 7 nitrogen and oxygen atoms in total. The Bertz CT molecular complexity index is 1120. The highest BCUT2D eigenvalue weighted by atomic mass is 16.5. The standard InChI is InChI=1S/C21H19N5O2/c27-21(16-9-10-17-12-22-14-25(17)13-16)26-11-5-4-8-18(26)20-23-19(24-28-20)15-6-2-1-3-7-15/h1-3,6-7,9-10,12-14,18H,4-5,8,11H2. The quantitative estimate of drug-likeness (QED) is 0.547. The van der Waals surface area contributed by atoms with Crippen LogP contribution < -0.4 is 0 Å². The highest BCUT2D eigenvalue weighted by Crippen LogP contribution is 2.32. The SMILES string of the molecule is O=C(c1ccc2cncn2c1)N1CCCCC1c1nc(-c2ccccc2)no1. The Kier molecular flexibility index (Phi) is 4.12. The zero-order valence-electron chi connectivity index (χ0n) is 15.2. The molecule has 4 aromatic rings. The lowest BCUT2D eigenvalue weighted by molar-refractivity contribution is 0.0561. The van der Waals surface area contributed by atoms with E-state index in [0.717, 1.165) is 30.3 Å². The largest absolute Gasteiger partial charge is 0.337 e. The number of benzene rings is 1. The number of likely N-dealkylation sites (tertiary alicyclic amines) is 1. The van der Waals surface area contributed by atoms with E-state index in [1.54, 1.807) is 12.5 Å². The Morgan fingerprint density at radius 3 is 2.89 bits per heavy atom. The van der Waals surface area contributed by atoms with Gasteiger partial charge >= 0.3 is 0 Å². The average Bonchev–Trinajstić information content (AvgIpc) is 3.43. The van der Waals surface area contributed by atoms with Gasteiger partial charge in [0.05, 0.1) is 23.6 Å². The summed E-state index contributed by atoms with van der Waals surface area (Å²) in [6.07, 6.45) is 8.09. The summed E-state index contributed by atoms with van der Waals surface area (Å²) in [5.74, 6) is 1.02. The first-order valence-corrected chi connectivity index (χ1v) is 9.41. The summed E-state index contributed by atoms with van der Waals surface area (Å²) >= 11 is 0. The molecule has 1 fully saturated rings. The first-order chi connectivity index (χ1) is 13.8. The summed E-state index contributed by atoms with van der Waals surface area (Å²) in [6, 6.07) is 13.3. The van der Waals surface area contributed by atoms with E-state index in [0.29, 0.717) is 23.8 Å². The van der Waals surface area contributed by atoms with E-state index in [9.17, 15) is 4.79 Å². The third-order valence-corrected chi connectivity index (χ3v) is 5.18. The summed E-state index contributed by atoms with van der Waals surface area (Å²) in [7, 11) is 0. The molecule has 28 heavy (non-hydrogen) atoms. The van der Waals surface area contributed by atoms with Gasteiger partial charge < -0.3 is 13.8 Å². The van der Waals surface area contributed by atoms with E-state index >= 15 is 0 Å². The number of rotatable bonds is 3. The van der Waals surface area contributed by atoms with Crippen LogP contribution in [0.1, 0.15) is 41.6 Å². The molecule has 140 valence electrons. The van der Waals surface area contributed by atoms with Crippen LogP contribution >= 0.6 is 0 Å². The lowest BCUT2D eigenvalue weighted by atomic mass is 10.0. The van der Waals surface area contributed by atoms with Crippen molar-refractivity contribution in [3.8, 4) is 11.4 Å². The molecular weight excluding hydrogens is 354 g/mol. The van der Waals surface area contributed by atoms with Gasteiger partial charge in [-0.1, -0.05) is 35.5 Å². The molecule has 4 heterocycles. The molecule has 0 aliphatic carbocycles. The van der Waals surface area contributed by atoms with Gasteiger partial charge in [-0.3, -0.25) is 4.79 Å². The highest BCUT2D eigenvalue weighted by Gasteiger charge is 2.33. The fourth-order valence-corrected chi connectivity index (χ4v) is 3.72. The Hall–Kier alpha value is -3.48. The smallest absolute Gasteiger partial charge is 0.256 e. The molecule has 1 unspecified atom stereocenters. The minimum atomic E-state index is -0.204. The predicted molar refractivity (Wildman–Crippen MR) is 103 cm³/mol. The molecule has 0 spiro atoms. The minimum Gasteiger partial charge on any atom is -0.337 e. The molecule has 0 saturated carbocycles. The van der Waals surface area contributed by atoms with Crippen LogP contribution in [0.2, 0.25) is 0 Å². The van der Waals surface area contributed by atoms with Gasteiger partial charge in [0, 0.05) is 18.3 Å². The van der Waals surface area contributed by atoms with Crippen molar-refractivity contribution in [1.82, 2.24) is 24.4 Å². The van der Waals surface area contributed by atoms with Crippen molar-refractivity contribution in [3.05, 3.63) is 72.6 Å². The fraction of sp³-hybridized carbons (Fsp3) is 0.238. The Balaban J connectivity index is 1.45. The van der Waals surface area contributed by atoms with E-state index in [1.165, 1.54) is 0 Å². The second kappa shape index (κ2) is 6.92. The molecule has 1 aromatic carbocycles. The van der Waals surface area contributed by atoms with Crippen molar-refractivity contribution in [1.29, 1.82) is 0 Å². The van der Waals surface area contributed by atoms with Crippen LogP contribution in [0.5, 0.6) is 0 Å². The first-order valence-electron chi connectivity index (χ1n) is 9.41. The summed E-state index contributed by atoms with van der Waals surface area (Å²) in [5.41, 5.74) is 2.48. The van der Waals surface area contributed by atoms with Crippen LogP contribution in [-0.4, -0.2) is 36.9 Å². The van der Waals surface area contributed by atoms with Gasteiger partial charge in [-0.25, -0.2) is 4.98 Å². The minimum absolute atomic E-state index is 0.0280. The van der Waals surface area contributed by atoms with Crippen LogP contribution in [0.15, 0.2) is 65.7 Å². The van der Waals surface area contributed by atoms with Crippen LogP contribution in [0.25, 0.3) is 16.9 Å². The molecule has 1 atom stereocenters. The molecule has 3 aromatic heterocycles. The van der Waals surface area contributed by atoms with Crippen molar-refractivity contribution in [2.24, 2.45) is 0 Å². The lowest BCUT2D eigenvalue weighted by Gasteiger charge is -2.33. The molecular formula is C21H19N5O2. The van der Waals surface area contributed by atoms with Crippen LogP contribution in [0, 0.1) is 0 Å². The first kappa shape index (κ1) is 16.7. The summed E-state index contributed by atoms with van der Waals surface area (Å²) in [4.78, 5) is 23.8. The van der Waals surface area contributed by atoms with E-state index in [-0.39, 0.29) is 11.9 Å². The van der Waals surface area contributed by atoms with E-state index in [2.05, 4.69) is 15.1 Å². The zero-order valence-corrected chi connectivity index (χ0v) is 15.2. The Labute approximate surface area is 161 Å². The third-order valence-electron chi connectivity index (χ3n) is 5.18. The number of nitrogens with zero attached hydrogens (tertiary/aromatic N) is 5.